The second-order valence-electron chi connectivity index (χ2n) is 6.01. The van der Waals surface area contributed by atoms with Gasteiger partial charge in [0, 0.05) is 12.0 Å². The van der Waals surface area contributed by atoms with E-state index in [0.717, 1.165) is 29.5 Å². The summed E-state index contributed by atoms with van der Waals surface area (Å²) in [6.07, 6.45) is 7.48. The molecule has 0 aromatic heterocycles. The van der Waals surface area contributed by atoms with Crippen molar-refractivity contribution in [3.05, 3.63) is 34.9 Å². The molecule has 2 rings (SSSR count). The van der Waals surface area contributed by atoms with Crippen molar-refractivity contribution in [3.8, 4) is 0 Å². The molecule has 3 heteroatoms. The molecular formula is C18H24O3. The second-order valence-corrected chi connectivity index (χ2v) is 6.01. The van der Waals surface area contributed by atoms with Crippen molar-refractivity contribution in [1.29, 1.82) is 0 Å². The highest BCUT2D eigenvalue weighted by atomic mass is 16.4. The Morgan fingerprint density at radius 1 is 1.10 bits per heavy atom. The van der Waals surface area contributed by atoms with Crippen molar-refractivity contribution < 1.29 is 14.7 Å². The lowest BCUT2D eigenvalue weighted by Gasteiger charge is -2.04. The maximum Gasteiger partial charge on any atom is 0.307 e. The van der Waals surface area contributed by atoms with Gasteiger partial charge < -0.3 is 5.11 Å². The first-order valence-corrected chi connectivity index (χ1v) is 7.99. The van der Waals surface area contributed by atoms with Gasteiger partial charge in [0.1, 0.15) is 0 Å². The predicted octanol–water partition coefficient (Wildman–Crippen LogP) is 4.03. The Kier molecular flexibility index (Phi) is 5.54. The van der Waals surface area contributed by atoms with Crippen LogP contribution in [-0.4, -0.2) is 16.9 Å². The third kappa shape index (κ3) is 4.16. The maximum absolute atomic E-state index is 12.2. The highest BCUT2D eigenvalue weighted by molar-refractivity contribution is 5.96. The van der Waals surface area contributed by atoms with E-state index in [0.29, 0.717) is 19.3 Å². The average molecular weight is 288 g/mol. The topological polar surface area (TPSA) is 54.4 Å². The number of benzene rings is 1. The summed E-state index contributed by atoms with van der Waals surface area (Å²) < 4.78 is 0. The number of fused-ring (bicyclic) bond motifs is 1. The molecule has 3 nitrogen and oxygen atoms in total. The van der Waals surface area contributed by atoms with Crippen LogP contribution in [0.2, 0.25) is 0 Å². The molecule has 21 heavy (non-hydrogen) atoms. The number of rotatable bonds is 8. The van der Waals surface area contributed by atoms with Crippen molar-refractivity contribution >= 4 is 11.8 Å². The highest BCUT2D eigenvalue weighted by Gasteiger charge is 2.27. The first kappa shape index (κ1) is 15.7. The number of unbranched alkanes of at least 4 members (excludes halogenated alkanes) is 4. The summed E-state index contributed by atoms with van der Waals surface area (Å²) in [5.74, 6) is -0.873. The van der Waals surface area contributed by atoms with E-state index in [1.165, 1.54) is 19.3 Å². The molecule has 1 aromatic carbocycles. The van der Waals surface area contributed by atoms with E-state index in [1.54, 1.807) is 0 Å². The number of Topliss-reactive ketones (excluding diaryl/α,β-unsaturated/α-hetero) is 1. The quantitative estimate of drug-likeness (QED) is 0.580. The van der Waals surface area contributed by atoms with Crippen molar-refractivity contribution in [3.63, 3.8) is 0 Å². The SMILES string of the molecule is CCCCCCCC(=O)c1ccc2c(c1)CC(C(=O)O)C2. The summed E-state index contributed by atoms with van der Waals surface area (Å²) in [5, 5.41) is 9.08. The van der Waals surface area contributed by atoms with Crippen LogP contribution in [0.5, 0.6) is 0 Å². The van der Waals surface area contributed by atoms with E-state index < -0.39 is 5.97 Å². The Hall–Kier alpha value is -1.64. The molecule has 0 radical (unpaired) electrons. The number of aliphatic carboxylic acids is 1. The number of ketones is 1. The zero-order valence-electron chi connectivity index (χ0n) is 12.7. The molecule has 0 spiro atoms. The lowest BCUT2D eigenvalue weighted by atomic mass is 10.00. The van der Waals surface area contributed by atoms with Gasteiger partial charge in [-0.2, -0.15) is 0 Å². The molecule has 0 saturated carbocycles. The van der Waals surface area contributed by atoms with Crippen molar-refractivity contribution in [2.75, 3.05) is 0 Å². The zero-order chi connectivity index (χ0) is 15.2. The minimum absolute atomic E-state index is 0.188. The van der Waals surface area contributed by atoms with Crippen LogP contribution in [0.1, 0.15) is 66.9 Å². The van der Waals surface area contributed by atoms with Gasteiger partial charge in [0.25, 0.3) is 0 Å². The molecule has 1 aliphatic rings. The molecule has 1 N–H and O–H groups in total. The van der Waals surface area contributed by atoms with Gasteiger partial charge in [-0.25, -0.2) is 0 Å². The summed E-state index contributed by atoms with van der Waals surface area (Å²) in [4.78, 5) is 23.2. The molecule has 1 aliphatic carbocycles. The third-order valence-corrected chi connectivity index (χ3v) is 4.32. The summed E-state index contributed by atoms with van der Waals surface area (Å²) >= 11 is 0. The Bertz CT molecular complexity index is 519. The minimum atomic E-state index is -0.741. The number of carboxylic acid groups (broad SMARTS) is 1. The first-order chi connectivity index (χ1) is 10.1. The van der Waals surface area contributed by atoms with Crippen molar-refractivity contribution in [1.82, 2.24) is 0 Å². The number of hydrogen-bond acceptors (Lipinski definition) is 2. The lowest BCUT2D eigenvalue weighted by molar-refractivity contribution is -0.141. The maximum atomic E-state index is 12.2. The van der Waals surface area contributed by atoms with E-state index in [4.69, 9.17) is 5.11 Å². The summed E-state index contributed by atoms with van der Waals surface area (Å²) in [6.45, 7) is 2.18. The number of carbonyl (C=O) groups excluding carboxylic acids is 1. The van der Waals surface area contributed by atoms with Crippen LogP contribution in [0.15, 0.2) is 18.2 Å². The van der Waals surface area contributed by atoms with Crippen LogP contribution in [0.4, 0.5) is 0 Å². The van der Waals surface area contributed by atoms with E-state index in [9.17, 15) is 9.59 Å². The van der Waals surface area contributed by atoms with Gasteiger partial charge in [-0.1, -0.05) is 44.7 Å². The second kappa shape index (κ2) is 7.39. The Balaban J connectivity index is 1.89. The normalized spacial score (nSPS) is 16.7. The van der Waals surface area contributed by atoms with Crippen molar-refractivity contribution in [2.24, 2.45) is 5.92 Å². The monoisotopic (exact) mass is 288 g/mol. The Morgan fingerprint density at radius 3 is 2.52 bits per heavy atom. The molecular weight excluding hydrogens is 264 g/mol. The third-order valence-electron chi connectivity index (χ3n) is 4.32. The summed E-state index contributed by atoms with van der Waals surface area (Å²) in [7, 11) is 0. The van der Waals surface area contributed by atoms with Crippen LogP contribution >= 0.6 is 0 Å². The van der Waals surface area contributed by atoms with Gasteiger partial charge in [-0.05, 0) is 36.5 Å². The summed E-state index contributed by atoms with van der Waals surface area (Å²) in [5.41, 5.74) is 2.87. The van der Waals surface area contributed by atoms with Gasteiger partial charge in [-0.3, -0.25) is 9.59 Å². The molecule has 0 aliphatic heterocycles. The van der Waals surface area contributed by atoms with Crippen LogP contribution in [0, 0.1) is 5.92 Å². The van der Waals surface area contributed by atoms with E-state index in [2.05, 4.69) is 6.92 Å². The first-order valence-electron chi connectivity index (χ1n) is 7.99. The lowest BCUT2D eigenvalue weighted by Crippen LogP contribution is -2.12. The van der Waals surface area contributed by atoms with Crippen LogP contribution in [-0.2, 0) is 17.6 Å². The smallest absolute Gasteiger partial charge is 0.307 e. The van der Waals surface area contributed by atoms with E-state index >= 15 is 0 Å². The van der Waals surface area contributed by atoms with Gasteiger partial charge in [-0.15, -0.1) is 0 Å². The predicted molar refractivity (Wildman–Crippen MR) is 82.7 cm³/mol. The fraction of sp³-hybridized carbons (Fsp3) is 0.556. The van der Waals surface area contributed by atoms with Gasteiger partial charge in [0.15, 0.2) is 5.78 Å². The Labute approximate surface area is 126 Å². The molecule has 0 amide bonds. The number of hydrogen-bond donors (Lipinski definition) is 1. The fourth-order valence-electron chi connectivity index (χ4n) is 3.00. The van der Waals surface area contributed by atoms with E-state index in [1.807, 2.05) is 18.2 Å². The number of carboxylic acids is 1. The average Bonchev–Trinajstić information content (AvgIpc) is 2.90. The highest BCUT2D eigenvalue weighted by Crippen LogP contribution is 2.28. The van der Waals surface area contributed by atoms with Crippen molar-refractivity contribution in [2.45, 2.75) is 58.3 Å². The van der Waals surface area contributed by atoms with Gasteiger partial charge in [0.05, 0.1) is 5.92 Å². The van der Waals surface area contributed by atoms with Gasteiger partial charge >= 0.3 is 5.97 Å². The molecule has 0 saturated heterocycles. The standard InChI is InChI=1S/C18H24O3/c1-2-3-4-5-6-7-17(19)14-9-8-13-10-16(18(20)21)12-15(13)11-14/h8-9,11,16H,2-7,10,12H2,1H3,(H,20,21). The van der Waals surface area contributed by atoms with E-state index in [-0.39, 0.29) is 11.7 Å². The van der Waals surface area contributed by atoms with Gasteiger partial charge in [0.2, 0.25) is 0 Å². The van der Waals surface area contributed by atoms with Crippen LogP contribution < -0.4 is 0 Å². The Morgan fingerprint density at radius 2 is 1.81 bits per heavy atom. The van der Waals surface area contributed by atoms with Crippen LogP contribution in [0.25, 0.3) is 0 Å². The molecule has 0 heterocycles. The molecule has 0 fully saturated rings. The zero-order valence-corrected chi connectivity index (χ0v) is 12.7. The number of carbonyl (C=O) groups is 2. The minimum Gasteiger partial charge on any atom is -0.481 e. The summed E-state index contributed by atoms with van der Waals surface area (Å²) in [6, 6.07) is 5.70. The molecule has 1 aromatic rings. The molecule has 1 unspecified atom stereocenters. The molecule has 114 valence electrons. The largest absolute Gasteiger partial charge is 0.481 e. The van der Waals surface area contributed by atoms with Crippen LogP contribution in [0.3, 0.4) is 0 Å². The molecule has 0 bridgehead atoms. The molecule has 1 atom stereocenters. The fourth-order valence-corrected chi connectivity index (χ4v) is 3.00.